The molecule has 0 radical (unpaired) electrons. The molecule has 1 atom stereocenters. The number of rotatable bonds is 4. The van der Waals surface area contributed by atoms with E-state index in [0.717, 1.165) is 50.9 Å². The molecule has 1 unspecified atom stereocenters. The Hall–Kier alpha value is -5.54. The van der Waals surface area contributed by atoms with Gasteiger partial charge in [0.2, 0.25) is 0 Å². The van der Waals surface area contributed by atoms with E-state index < -0.39 is 0 Å². The molecule has 2 aromatic heterocycles. The lowest BCUT2D eigenvalue weighted by atomic mass is 9.63. The summed E-state index contributed by atoms with van der Waals surface area (Å²) in [6, 6.07) is 43.2. The fraction of sp³-hybridized carbons (Fsp3) is 0.174. The molecule has 10 rings (SSSR count). The molecule has 0 N–H and O–H groups in total. The van der Waals surface area contributed by atoms with Gasteiger partial charge in [0.15, 0.2) is 11.4 Å². The van der Waals surface area contributed by atoms with Gasteiger partial charge < -0.3 is 4.42 Å². The third kappa shape index (κ3) is 4.49. The molecule has 1 saturated carbocycles. The first-order valence-electron chi connectivity index (χ1n) is 17.7. The summed E-state index contributed by atoms with van der Waals surface area (Å²) in [5.41, 5.74) is 15.1. The van der Waals surface area contributed by atoms with Crippen LogP contribution in [0.2, 0.25) is 0 Å². The summed E-state index contributed by atoms with van der Waals surface area (Å²) in [6.07, 6.45) is 14.9. The van der Waals surface area contributed by atoms with Gasteiger partial charge in [-0.25, -0.2) is 9.97 Å². The van der Waals surface area contributed by atoms with Crippen molar-refractivity contribution in [2.24, 2.45) is 5.92 Å². The van der Waals surface area contributed by atoms with Gasteiger partial charge >= 0.3 is 0 Å². The van der Waals surface area contributed by atoms with E-state index in [0.29, 0.717) is 11.7 Å². The fourth-order valence-corrected chi connectivity index (χ4v) is 9.13. The highest BCUT2D eigenvalue weighted by Gasteiger charge is 2.50. The second-order valence-corrected chi connectivity index (χ2v) is 14.0. The Balaban J connectivity index is 1.09. The maximum atomic E-state index is 6.35. The Morgan fingerprint density at radius 1 is 0.633 bits per heavy atom. The van der Waals surface area contributed by atoms with E-state index in [1.165, 1.54) is 54.4 Å². The first-order chi connectivity index (χ1) is 24.3. The van der Waals surface area contributed by atoms with Crippen molar-refractivity contribution in [1.29, 1.82) is 0 Å². The Morgan fingerprint density at radius 3 is 2.20 bits per heavy atom. The largest absolute Gasteiger partial charge is 0.452 e. The number of fused-ring (bicyclic) bond motifs is 8. The van der Waals surface area contributed by atoms with Crippen molar-refractivity contribution < 1.29 is 4.42 Å². The van der Waals surface area contributed by atoms with Gasteiger partial charge in [0.05, 0.1) is 0 Å². The molecule has 3 nitrogen and oxygen atoms in total. The van der Waals surface area contributed by atoms with Crippen LogP contribution in [-0.2, 0) is 5.41 Å². The summed E-state index contributed by atoms with van der Waals surface area (Å²) < 4.78 is 6.35. The minimum atomic E-state index is 0.284. The minimum Gasteiger partial charge on any atom is -0.452 e. The second kappa shape index (κ2) is 11.3. The Morgan fingerprint density at radius 2 is 1.35 bits per heavy atom. The molecule has 3 heteroatoms. The van der Waals surface area contributed by atoms with Crippen molar-refractivity contribution in [3.63, 3.8) is 0 Å². The van der Waals surface area contributed by atoms with Crippen LogP contribution in [0.5, 0.6) is 0 Å². The third-order valence-corrected chi connectivity index (χ3v) is 11.4. The van der Waals surface area contributed by atoms with Crippen LogP contribution in [0.1, 0.15) is 49.7 Å². The SMILES string of the molecule is C1=CCC2C(=C1)c1c(-c3cccc(-c4cccc(-c5nc(-c6ccccc6)c6oc7ccccc7c6n5)c4)c3)cccc1C21CCCCC1. The maximum Gasteiger partial charge on any atom is 0.180 e. The zero-order valence-electron chi connectivity index (χ0n) is 27.4. The van der Waals surface area contributed by atoms with Crippen LogP contribution in [0.3, 0.4) is 0 Å². The molecule has 49 heavy (non-hydrogen) atoms. The van der Waals surface area contributed by atoms with E-state index in [2.05, 4.69) is 103 Å². The highest BCUT2D eigenvalue weighted by atomic mass is 16.3. The number of para-hydroxylation sites is 1. The van der Waals surface area contributed by atoms with Gasteiger partial charge in [0.1, 0.15) is 16.8 Å². The van der Waals surface area contributed by atoms with Crippen molar-refractivity contribution in [1.82, 2.24) is 9.97 Å². The Labute approximate surface area is 286 Å². The number of allylic oxidation sites excluding steroid dienone is 4. The molecular weight excluding hydrogens is 597 g/mol. The quantitative estimate of drug-likeness (QED) is 0.194. The van der Waals surface area contributed by atoms with Gasteiger partial charge in [-0.2, -0.15) is 0 Å². The number of aromatic nitrogens is 2. The summed E-state index contributed by atoms with van der Waals surface area (Å²) in [7, 11) is 0. The van der Waals surface area contributed by atoms with E-state index in [4.69, 9.17) is 14.4 Å². The van der Waals surface area contributed by atoms with Gasteiger partial charge in [0, 0.05) is 21.9 Å². The monoisotopic (exact) mass is 632 g/mol. The molecular formula is C46H36N2O. The minimum absolute atomic E-state index is 0.284. The number of hydrogen-bond donors (Lipinski definition) is 0. The lowest BCUT2D eigenvalue weighted by Gasteiger charge is -2.40. The van der Waals surface area contributed by atoms with Gasteiger partial charge in [-0.1, -0.05) is 135 Å². The number of nitrogens with zero attached hydrogens (tertiary/aromatic N) is 2. The lowest BCUT2D eigenvalue weighted by Crippen LogP contribution is -2.34. The van der Waals surface area contributed by atoms with Gasteiger partial charge in [-0.3, -0.25) is 0 Å². The zero-order chi connectivity index (χ0) is 32.4. The van der Waals surface area contributed by atoms with Gasteiger partial charge in [0.25, 0.3) is 0 Å². The van der Waals surface area contributed by atoms with Crippen molar-refractivity contribution in [3.8, 4) is 44.9 Å². The predicted octanol–water partition coefficient (Wildman–Crippen LogP) is 12.2. The lowest BCUT2D eigenvalue weighted by molar-refractivity contribution is 0.241. The normalized spacial score (nSPS) is 17.7. The number of benzene rings is 5. The van der Waals surface area contributed by atoms with E-state index in [1.807, 2.05) is 36.4 Å². The second-order valence-electron chi connectivity index (χ2n) is 14.0. The molecule has 1 spiro atoms. The average Bonchev–Trinajstić information content (AvgIpc) is 3.69. The molecule has 0 amide bonds. The van der Waals surface area contributed by atoms with E-state index >= 15 is 0 Å². The molecule has 1 fully saturated rings. The molecule has 2 heterocycles. The first kappa shape index (κ1) is 28.5. The molecule has 5 aromatic carbocycles. The van der Waals surface area contributed by atoms with Gasteiger partial charge in [-0.05, 0) is 88.4 Å². The zero-order valence-corrected chi connectivity index (χ0v) is 27.4. The standard InChI is InChI=1S/C46H36N2O/c1-3-14-30(15-4-1)42-44-43(37-21-6-8-25-40(37)49-44)48-45(47-42)34-19-12-17-32(29-34)31-16-11-18-33(28-31)35-22-13-24-39-41(35)36-20-5-7-23-38(36)46(39)26-9-2-10-27-46/h1,3-8,11-22,24-25,28-29,38H,2,9-10,23,26-27H2. The van der Waals surface area contributed by atoms with E-state index in [1.54, 1.807) is 11.1 Å². The summed E-state index contributed by atoms with van der Waals surface area (Å²) in [4.78, 5) is 10.3. The maximum absolute atomic E-state index is 6.35. The van der Waals surface area contributed by atoms with Crippen molar-refractivity contribution in [3.05, 3.63) is 151 Å². The van der Waals surface area contributed by atoms with Gasteiger partial charge in [-0.15, -0.1) is 0 Å². The summed E-state index contributed by atoms with van der Waals surface area (Å²) in [5.74, 6) is 1.29. The predicted molar refractivity (Wildman–Crippen MR) is 201 cm³/mol. The van der Waals surface area contributed by atoms with Crippen LogP contribution in [0.4, 0.5) is 0 Å². The Bertz CT molecular complexity index is 2460. The molecule has 236 valence electrons. The Kier molecular flexibility index (Phi) is 6.55. The smallest absolute Gasteiger partial charge is 0.180 e. The fourth-order valence-electron chi connectivity index (χ4n) is 9.13. The van der Waals surface area contributed by atoms with E-state index in [-0.39, 0.29) is 5.41 Å². The molecule has 3 aliphatic rings. The van der Waals surface area contributed by atoms with Crippen LogP contribution in [0, 0.1) is 5.92 Å². The summed E-state index contributed by atoms with van der Waals surface area (Å²) in [5, 5.41) is 0.999. The topological polar surface area (TPSA) is 38.9 Å². The van der Waals surface area contributed by atoms with Crippen molar-refractivity contribution in [2.45, 2.75) is 43.9 Å². The highest BCUT2D eigenvalue weighted by molar-refractivity contribution is 6.07. The van der Waals surface area contributed by atoms with Crippen molar-refractivity contribution in [2.75, 3.05) is 0 Å². The van der Waals surface area contributed by atoms with Crippen LogP contribution in [0.15, 0.2) is 144 Å². The third-order valence-electron chi connectivity index (χ3n) is 11.4. The van der Waals surface area contributed by atoms with Crippen LogP contribution >= 0.6 is 0 Å². The van der Waals surface area contributed by atoms with Crippen molar-refractivity contribution >= 4 is 27.6 Å². The molecule has 7 aromatic rings. The van der Waals surface area contributed by atoms with Crippen LogP contribution in [0.25, 0.3) is 72.5 Å². The summed E-state index contributed by atoms with van der Waals surface area (Å²) >= 11 is 0. The molecule has 0 aliphatic heterocycles. The van der Waals surface area contributed by atoms with Crippen LogP contribution in [-0.4, -0.2) is 9.97 Å². The molecule has 0 bridgehead atoms. The molecule has 0 saturated heterocycles. The average molecular weight is 633 g/mol. The summed E-state index contributed by atoms with van der Waals surface area (Å²) in [6.45, 7) is 0. The first-order valence-corrected chi connectivity index (χ1v) is 17.7. The molecule has 3 aliphatic carbocycles. The highest BCUT2D eigenvalue weighted by Crippen LogP contribution is 2.60. The van der Waals surface area contributed by atoms with E-state index in [9.17, 15) is 0 Å². The number of hydrogen-bond acceptors (Lipinski definition) is 3. The van der Waals surface area contributed by atoms with Crippen LogP contribution < -0.4 is 0 Å². The number of furan rings is 1.